The van der Waals surface area contributed by atoms with Crippen LogP contribution in [0.15, 0.2) is 23.1 Å². The number of urea groups is 1. The number of halogens is 3. The molecule has 33 heavy (non-hydrogen) atoms. The van der Waals surface area contributed by atoms with Crippen LogP contribution in [0.5, 0.6) is 0 Å². The van der Waals surface area contributed by atoms with E-state index >= 15 is 0 Å². The SMILES string of the molecule is Cc1nc(NC(=O)NCCCN2CCCC2=O)sc1-c1ccc(S(C)(=O)=O)c(C(F)(F)F)c1. The first-order valence-corrected chi connectivity index (χ1v) is 12.8. The average molecular weight is 505 g/mol. The van der Waals surface area contributed by atoms with Gasteiger partial charge in [0.15, 0.2) is 15.0 Å². The third kappa shape index (κ3) is 6.22. The van der Waals surface area contributed by atoms with Gasteiger partial charge >= 0.3 is 12.2 Å². The van der Waals surface area contributed by atoms with Crippen molar-refractivity contribution < 1.29 is 31.2 Å². The minimum absolute atomic E-state index is 0.114. The molecule has 0 radical (unpaired) electrons. The van der Waals surface area contributed by atoms with Gasteiger partial charge in [0.2, 0.25) is 5.91 Å². The number of sulfone groups is 1. The number of carbonyl (C=O) groups is 2. The second kappa shape index (κ2) is 9.67. The van der Waals surface area contributed by atoms with Crippen LogP contribution in [-0.2, 0) is 20.8 Å². The highest BCUT2D eigenvalue weighted by molar-refractivity contribution is 7.90. The molecule has 0 spiro atoms. The third-order valence-corrected chi connectivity index (χ3v) is 7.30. The molecule has 1 aromatic heterocycles. The molecule has 3 rings (SSSR count). The minimum Gasteiger partial charge on any atom is -0.343 e. The second-order valence-electron chi connectivity index (χ2n) is 7.63. The van der Waals surface area contributed by atoms with Gasteiger partial charge in [-0.3, -0.25) is 10.1 Å². The number of aromatic nitrogens is 1. The van der Waals surface area contributed by atoms with Gasteiger partial charge in [-0.05, 0) is 37.5 Å². The molecule has 1 aliphatic heterocycles. The molecular formula is C20H23F3N4O4S2. The summed E-state index contributed by atoms with van der Waals surface area (Å²) in [5.74, 6) is 0.114. The molecule has 0 aliphatic carbocycles. The van der Waals surface area contributed by atoms with Crippen LogP contribution in [0, 0.1) is 6.92 Å². The number of anilines is 1. The van der Waals surface area contributed by atoms with E-state index in [1.165, 1.54) is 6.07 Å². The number of nitrogens with zero attached hydrogens (tertiary/aromatic N) is 2. The fourth-order valence-corrected chi connectivity index (χ4v) is 5.33. The van der Waals surface area contributed by atoms with Gasteiger partial charge in [0.1, 0.15) is 0 Å². The molecule has 2 N–H and O–H groups in total. The fourth-order valence-electron chi connectivity index (χ4n) is 3.49. The number of rotatable bonds is 7. The van der Waals surface area contributed by atoms with E-state index in [0.29, 0.717) is 36.5 Å². The number of nitrogens with one attached hydrogen (secondary N) is 2. The van der Waals surface area contributed by atoms with Gasteiger partial charge in [-0.2, -0.15) is 13.2 Å². The quantitative estimate of drug-likeness (QED) is 0.560. The lowest BCUT2D eigenvalue weighted by molar-refractivity contribution is -0.139. The fraction of sp³-hybridized carbons (Fsp3) is 0.450. The third-order valence-electron chi connectivity index (χ3n) is 5.03. The molecule has 2 aromatic rings. The highest BCUT2D eigenvalue weighted by Crippen LogP contribution is 2.39. The van der Waals surface area contributed by atoms with Gasteiger partial charge < -0.3 is 10.2 Å². The maximum atomic E-state index is 13.5. The maximum absolute atomic E-state index is 13.5. The summed E-state index contributed by atoms with van der Waals surface area (Å²) in [6.45, 7) is 3.21. The second-order valence-corrected chi connectivity index (χ2v) is 10.6. The molecule has 1 saturated heterocycles. The normalized spacial score (nSPS) is 14.6. The van der Waals surface area contributed by atoms with Crippen molar-refractivity contribution in [3.05, 3.63) is 29.5 Å². The van der Waals surface area contributed by atoms with E-state index in [1.54, 1.807) is 11.8 Å². The summed E-state index contributed by atoms with van der Waals surface area (Å²) >= 11 is 0.981. The topological polar surface area (TPSA) is 108 Å². The number of aryl methyl sites for hydroxylation is 1. The lowest BCUT2D eigenvalue weighted by Crippen LogP contribution is -2.32. The molecular weight excluding hydrogens is 481 g/mol. The number of likely N-dealkylation sites (tertiary alicyclic amines) is 1. The van der Waals surface area contributed by atoms with Crippen LogP contribution in [0.2, 0.25) is 0 Å². The molecule has 0 atom stereocenters. The molecule has 8 nitrogen and oxygen atoms in total. The van der Waals surface area contributed by atoms with Crippen LogP contribution in [0.3, 0.4) is 0 Å². The highest BCUT2D eigenvalue weighted by atomic mass is 32.2. The Morgan fingerprint density at radius 3 is 2.64 bits per heavy atom. The Hall–Kier alpha value is -2.67. The average Bonchev–Trinajstić information content (AvgIpc) is 3.28. The van der Waals surface area contributed by atoms with Crippen molar-refractivity contribution in [3.8, 4) is 10.4 Å². The van der Waals surface area contributed by atoms with E-state index in [1.807, 2.05) is 0 Å². The molecule has 1 fully saturated rings. The van der Waals surface area contributed by atoms with Crippen molar-refractivity contribution in [1.29, 1.82) is 0 Å². The molecule has 1 aromatic carbocycles. The van der Waals surface area contributed by atoms with Crippen molar-refractivity contribution in [2.45, 2.75) is 37.3 Å². The van der Waals surface area contributed by atoms with Crippen LogP contribution >= 0.6 is 11.3 Å². The zero-order chi connectivity index (χ0) is 24.4. The molecule has 1 aliphatic rings. The van der Waals surface area contributed by atoms with Crippen LogP contribution < -0.4 is 10.6 Å². The lowest BCUT2D eigenvalue weighted by atomic mass is 10.1. The van der Waals surface area contributed by atoms with E-state index in [2.05, 4.69) is 15.6 Å². The van der Waals surface area contributed by atoms with Gasteiger partial charge in [0.25, 0.3) is 0 Å². The van der Waals surface area contributed by atoms with Crippen molar-refractivity contribution in [2.24, 2.45) is 0 Å². The number of hydrogen-bond donors (Lipinski definition) is 2. The molecule has 180 valence electrons. The van der Waals surface area contributed by atoms with Crippen LogP contribution in [0.1, 0.15) is 30.5 Å². The van der Waals surface area contributed by atoms with E-state index in [-0.39, 0.29) is 16.6 Å². The van der Waals surface area contributed by atoms with Crippen molar-refractivity contribution in [1.82, 2.24) is 15.2 Å². The first-order chi connectivity index (χ1) is 15.4. The van der Waals surface area contributed by atoms with E-state index in [9.17, 15) is 31.2 Å². The van der Waals surface area contributed by atoms with Crippen LogP contribution in [0.4, 0.5) is 23.1 Å². The Morgan fingerprint density at radius 1 is 1.30 bits per heavy atom. The summed E-state index contributed by atoms with van der Waals surface area (Å²) in [5.41, 5.74) is -0.712. The zero-order valence-corrected chi connectivity index (χ0v) is 19.6. The Bertz CT molecular complexity index is 1160. The van der Waals surface area contributed by atoms with E-state index < -0.39 is 32.5 Å². The number of alkyl halides is 3. The van der Waals surface area contributed by atoms with Gasteiger partial charge in [0.05, 0.1) is 21.0 Å². The molecule has 0 bridgehead atoms. The molecule has 2 heterocycles. The Kier molecular flexibility index (Phi) is 7.32. The standard InChI is InChI=1S/C20H23F3N4O4S2/c1-12-17(13-6-7-15(33(2,30)31)14(11-13)20(21,22)23)32-19(25-12)26-18(29)24-8-4-10-27-9-3-5-16(27)28/h6-7,11H,3-5,8-10H2,1-2H3,(H2,24,25,26,29). The number of carbonyl (C=O) groups excluding carboxylic acids is 2. The summed E-state index contributed by atoms with van der Waals surface area (Å²) in [4.78, 5) is 29.2. The molecule has 13 heteroatoms. The highest BCUT2D eigenvalue weighted by Gasteiger charge is 2.36. The Morgan fingerprint density at radius 2 is 2.03 bits per heavy atom. The Labute approximate surface area is 193 Å². The predicted octanol–water partition coefficient (Wildman–Crippen LogP) is 3.67. The van der Waals surface area contributed by atoms with Gasteiger partial charge in [-0.25, -0.2) is 18.2 Å². The maximum Gasteiger partial charge on any atom is 0.417 e. The summed E-state index contributed by atoms with van der Waals surface area (Å²) in [7, 11) is -4.08. The number of amides is 3. The smallest absolute Gasteiger partial charge is 0.343 e. The molecule has 3 amide bonds. The van der Waals surface area contributed by atoms with Gasteiger partial charge in [0, 0.05) is 32.3 Å². The number of hydrogen-bond acceptors (Lipinski definition) is 6. The first-order valence-electron chi connectivity index (χ1n) is 10.1. The number of thiazole rings is 1. The monoisotopic (exact) mass is 504 g/mol. The minimum atomic E-state index is -4.85. The molecule has 0 unspecified atom stereocenters. The summed E-state index contributed by atoms with van der Waals surface area (Å²) in [6, 6.07) is 2.47. The predicted molar refractivity (Wildman–Crippen MR) is 118 cm³/mol. The summed E-state index contributed by atoms with van der Waals surface area (Å²) in [6.07, 6.45) is -2.14. The zero-order valence-electron chi connectivity index (χ0n) is 18.0. The van der Waals surface area contributed by atoms with E-state index in [4.69, 9.17) is 0 Å². The number of benzene rings is 1. The first kappa shape index (κ1) is 25.0. The van der Waals surface area contributed by atoms with Gasteiger partial charge in [-0.15, -0.1) is 0 Å². The largest absolute Gasteiger partial charge is 0.417 e. The van der Waals surface area contributed by atoms with Crippen molar-refractivity contribution in [2.75, 3.05) is 31.2 Å². The lowest BCUT2D eigenvalue weighted by Gasteiger charge is -2.15. The van der Waals surface area contributed by atoms with Crippen LogP contribution in [0.25, 0.3) is 10.4 Å². The summed E-state index contributed by atoms with van der Waals surface area (Å²) < 4.78 is 63.9. The summed E-state index contributed by atoms with van der Waals surface area (Å²) in [5, 5.41) is 5.39. The van der Waals surface area contributed by atoms with Crippen LogP contribution in [-0.4, -0.2) is 56.1 Å². The molecule has 0 saturated carbocycles. The van der Waals surface area contributed by atoms with Crippen molar-refractivity contribution in [3.63, 3.8) is 0 Å². The van der Waals surface area contributed by atoms with Gasteiger partial charge in [-0.1, -0.05) is 17.4 Å². The Balaban J connectivity index is 1.67. The van der Waals surface area contributed by atoms with E-state index in [0.717, 1.165) is 42.7 Å². The van der Waals surface area contributed by atoms with Crippen molar-refractivity contribution >= 4 is 38.2 Å².